The van der Waals surface area contributed by atoms with E-state index >= 15 is 0 Å². The molecule has 1 saturated heterocycles. The van der Waals surface area contributed by atoms with Crippen LogP contribution in [0, 0.1) is 5.41 Å². The average molecular weight is 542 g/mol. The van der Waals surface area contributed by atoms with Gasteiger partial charge in [0.1, 0.15) is 5.84 Å². The molecule has 0 aromatic heterocycles. The molecule has 0 unspecified atom stereocenters. The molecule has 7 nitrogen and oxygen atoms in total. The van der Waals surface area contributed by atoms with Gasteiger partial charge in [-0.2, -0.15) is 0 Å². The van der Waals surface area contributed by atoms with E-state index in [1.54, 1.807) is 18.7 Å². The largest absolute Gasteiger partial charge is 0.468 e. The van der Waals surface area contributed by atoms with Gasteiger partial charge in [0.05, 0.1) is 36.9 Å². The molecule has 39 heavy (non-hydrogen) atoms. The van der Waals surface area contributed by atoms with E-state index < -0.39 is 22.2 Å². The topological polar surface area (TPSA) is 71.4 Å². The fraction of sp³-hybridized carbons (Fsp3) is 0.258. The van der Waals surface area contributed by atoms with Crippen molar-refractivity contribution in [3.8, 4) is 0 Å². The van der Waals surface area contributed by atoms with Gasteiger partial charge in [0.15, 0.2) is 10.3 Å². The molecule has 3 aromatic carbocycles. The number of amidine groups is 1. The second kappa shape index (κ2) is 10.3. The van der Waals surface area contributed by atoms with Crippen molar-refractivity contribution in [3.05, 3.63) is 96.2 Å². The zero-order chi connectivity index (χ0) is 27.8. The van der Waals surface area contributed by atoms with Crippen LogP contribution in [0.25, 0.3) is 0 Å². The molecule has 1 fully saturated rings. The second-order valence-electron chi connectivity index (χ2n) is 9.48. The highest BCUT2D eigenvalue weighted by atomic mass is 32.2. The molecule has 0 bridgehead atoms. The van der Waals surface area contributed by atoms with E-state index in [1.807, 2.05) is 104 Å². The van der Waals surface area contributed by atoms with Gasteiger partial charge in [-0.1, -0.05) is 60.3 Å². The molecule has 0 saturated carbocycles. The van der Waals surface area contributed by atoms with Crippen molar-refractivity contribution in [3.63, 3.8) is 0 Å². The van der Waals surface area contributed by atoms with Crippen LogP contribution >= 0.6 is 11.8 Å². The predicted molar refractivity (Wildman–Crippen MR) is 155 cm³/mol. The normalized spacial score (nSPS) is 24.2. The predicted octanol–water partition coefficient (Wildman–Crippen LogP) is 6.19. The number of para-hydroxylation sites is 3. The van der Waals surface area contributed by atoms with E-state index in [4.69, 9.17) is 14.5 Å². The Balaban J connectivity index is 1.97. The minimum atomic E-state index is -1.35. The van der Waals surface area contributed by atoms with Crippen LogP contribution in [0.3, 0.4) is 0 Å². The Morgan fingerprint density at radius 2 is 1.51 bits per heavy atom. The van der Waals surface area contributed by atoms with Crippen LogP contribution in [0.5, 0.6) is 0 Å². The molecule has 1 spiro atoms. The fourth-order valence-corrected chi connectivity index (χ4v) is 7.49. The fourth-order valence-electron chi connectivity index (χ4n) is 5.68. The van der Waals surface area contributed by atoms with Crippen molar-refractivity contribution in [2.24, 2.45) is 10.4 Å². The third kappa shape index (κ3) is 3.85. The zero-order valence-corrected chi connectivity index (χ0v) is 23.5. The van der Waals surface area contributed by atoms with E-state index in [1.165, 1.54) is 14.2 Å². The van der Waals surface area contributed by atoms with Crippen LogP contribution in [-0.2, 0) is 19.1 Å². The summed E-state index contributed by atoms with van der Waals surface area (Å²) in [7, 11) is 2.76. The maximum atomic E-state index is 14.2. The Kier molecular flexibility index (Phi) is 6.99. The molecule has 5 rings (SSSR count). The summed E-state index contributed by atoms with van der Waals surface area (Å²) in [4.78, 5) is 36.6. The first-order valence-electron chi connectivity index (χ1n) is 12.8. The van der Waals surface area contributed by atoms with Gasteiger partial charge >= 0.3 is 11.9 Å². The van der Waals surface area contributed by atoms with Gasteiger partial charge < -0.3 is 14.4 Å². The summed E-state index contributed by atoms with van der Waals surface area (Å²) >= 11 is 1.54. The number of esters is 2. The van der Waals surface area contributed by atoms with Crippen LogP contribution in [0.1, 0.15) is 20.8 Å². The third-order valence-corrected chi connectivity index (χ3v) is 9.12. The molecule has 0 amide bonds. The van der Waals surface area contributed by atoms with E-state index in [0.717, 1.165) is 16.3 Å². The number of carbonyl (C=O) groups excluding carboxylic acids is 2. The highest BCUT2D eigenvalue weighted by molar-refractivity contribution is 8.01. The Bertz CT molecular complexity index is 1470. The SMILES string of the molecule is CCN1c2ccccc2S[C@@]12/C(=C(/C)C(=O)OC)N(c1ccccc1)C(=Nc1ccccc1)[C@]2(C)C(=O)OC. The molecule has 0 radical (unpaired) electrons. The molecule has 8 heteroatoms. The Labute approximate surface area is 233 Å². The van der Waals surface area contributed by atoms with Gasteiger partial charge in [0, 0.05) is 17.1 Å². The third-order valence-electron chi connectivity index (χ3n) is 7.44. The van der Waals surface area contributed by atoms with Crippen LogP contribution in [-0.4, -0.2) is 43.4 Å². The standard InChI is InChI=1S/C31H31N3O4S/c1-6-33-24-19-13-14-20-25(24)39-31(33)26(21(2)27(35)37-4)34(23-17-11-8-12-18-23)28(30(31,3)29(36)38-5)32-22-15-9-7-10-16-22/h7-20H,6H2,1-5H3/b26-21+,32-28?/t30-,31-/m1/s1. The molecule has 0 N–H and O–H groups in total. The van der Waals surface area contributed by atoms with Gasteiger partial charge in [0.25, 0.3) is 0 Å². The van der Waals surface area contributed by atoms with Crippen molar-refractivity contribution in [2.75, 3.05) is 30.6 Å². The molecule has 200 valence electrons. The molecule has 2 aliphatic rings. The summed E-state index contributed by atoms with van der Waals surface area (Å²) in [5, 5.41) is 0. The quantitative estimate of drug-likeness (QED) is 0.282. The van der Waals surface area contributed by atoms with E-state index in [-0.39, 0.29) is 0 Å². The minimum Gasteiger partial charge on any atom is -0.468 e. The monoisotopic (exact) mass is 541 g/mol. The zero-order valence-electron chi connectivity index (χ0n) is 22.7. The number of hydrogen-bond donors (Lipinski definition) is 0. The first kappa shape index (κ1) is 26.6. The number of fused-ring (bicyclic) bond motifs is 1. The summed E-state index contributed by atoms with van der Waals surface area (Å²) < 4.78 is 10.8. The number of thioether (sulfide) groups is 1. The molecule has 2 heterocycles. The number of likely N-dealkylation sites (N-methyl/N-ethyl adjacent to an activating group) is 1. The van der Waals surface area contributed by atoms with E-state index in [2.05, 4.69) is 4.90 Å². The number of rotatable bonds is 5. The van der Waals surface area contributed by atoms with Crippen LogP contribution < -0.4 is 9.80 Å². The molecule has 3 aromatic rings. The van der Waals surface area contributed by atoms with Crippen molar-refractivity contribution in [2.45, 2.75) is 30.5 Å². The smallest absolute Gasteiger partial charge is 0.335 e. The maximum Gasteiger partial charge on any atom is 0.335 e. The van der Waals surface area contributed by atoms with E-state index in [9.17, 15) is 9.59 Å². The summed E-state index contributed by atoms with van der Waals surface area (Å²) in [6, 6.07) is 27.2. The number of methoxy groups -OCH3 is 2. The summed E-state index contributed by atoms with van der Waals surface area (Å²) in [6.45, 7) is 6.23. The van der Waals surface area contributed by atoms with Gasteiger partial charge in [-0.3, -0.25) is 9.69 Å². The number of ether oxygens (including phenoxy) is 2. The lowest BCUT2D eigenvalue weighted by molar-refractivity contribution is -0.148. The molecule has 2 aliphatic heterocycles. The van der Waals surface area contributed by atoms with Crippen LogP contribution in [0.2, 0.25) is 0 Å². The van der Waals surface area contributed by atoms with Crippen molar-refractivity contribution < 1.29 is 19.1 Å². The van der Waals surface area contributed by atoms with E-state index in [0.29, 0.717) is 29.3 Å². The van der Waals surface area contributed by atoms with Crippen molar-refractivity contribution in [1.29, 1.82) is 0 Å². The Morgan fingerprint density at radius 1 is 0.897 bits per heavy atom. The van der Waals surface area contributed by atoms with Gasteiger partial charge in [-0.05, 0) is 57.2 Å². The van der Waals surface area contributed by atoms with Gasteiger partial charge in [0.2, 0.25) is 0 Å². The molecular weight excluding hydrogens is 510 g/mol. The Hall–Kier alpha value is -4.04. The lowest BCUT2D eigenvalue weighted by atomic mass is 9.80. The lowest BCUT2D eigenvalue weighted by Gasteiger charge is -2.44. The average Bonchev–Trinajstić information content (AvgIpc) is 3.43. The van der Waals surface area contributed by atoms with Crippen LogP contribution in [0.15, 0.2) is 106 Å². The van der Waals surface area contributed by atoms with Crippen LogP contribution in [0.4, 0.5) is 17.1 Å². The van der Waals surface area contributed by atoms with Gasteiger partial charge in [-0.15, -0.1) is 0 Å². The molecule has 2 atom stereocenters. The first-order chi connectivity index (χ1) is 18.8. The highest BCUT2D eigenvalue weighted by Gasteiger charge is 2.73. The number of benzene rings is 3. The van der Waals surface area contributed by atoms with Crippen molar-refractivity contribution in [1.82, 2.24) is 0 Å². The summed E-state index contributed by atoms with van der Waals surface area (Å²) in [5.74, 6) is -0.473. The number of hydrogen-bond acceptors (Lipinski definition) is 7. The number of aliphatic imine (C=N–C) groups is 1. The number of nitrogens with zero attached hydrogens (tertiary/aromatic N) is 3. The highest BCUT2D eigenvalue weighted by Crippen LogP contribution is 2.67. The minimum absolute atomic E-state index is 0.383. The molecular formula is C31H31N3O4S. The maximum absolute atomic E-state index is 14.2. The van der Waals surface area contributed by atoms with Crippen molar-refractivity contribution >= 4 is 46.6 Å². The molecule has 0 aliphatic carbocycles. The summed E-state index contributed by atoms with van der Waals surface area (Å²) in [5.41, 5.74) is 2.07. The summed E-state index contributed by atoms with van der Waals surface area (Å²) in [6.07, 6.45) is 0. The first-order valence-corrected chi connectivity index (χ1v) is 13.6. The number of carbonyl (C=O) groups is 2. The number of anilines is 2. The van der Waals surface area contributed by atoms with Gasteiger partial charge in [-0.25, -0.2) is 9.79 Å². The Morgan fingerprint density at radius 3 is 2.13 bits per heavy atom. The lowest BCUT2D eigenvalue weighted by Crippen LogP contribution is -2.59. The second-order valence-corrected chi connectivity index (χ2v) is 10.7.